The normalized spacial score (nSPS) is 10.5. The number of nitrogens with one attached hydrogen (secondary N) is 1. The van der Waals surface area contributed by atoms with Crippen LogP contribution in [0.2, 0.25) is 0 Å². The first kappa shape index (κ1) is 5.34. The second-order valence-electron chi connectivity index (χ2n) is 2.10. The topological polar surface area (TPSA) is 45.7 Å². The second kappa shape index (κ2) is 1.76. The molecular weight excluding hydrogens is 128 g/mol. The number of rotatable bonds is 0. The molecule has 0 aromatic carbocycles. The zero-order chi connectivity index (χ0) is 6.97. The van der Waals surface area contributed by atoms with Crippen molar-refractivity contribution < 1.29 is 4.52 Å². The van der Waals surface area contributed by atoms with Gasteiger partial charge in [0.2, 0.25) is 0 Å². The van der Waals surface area contributed by atoms with Gasteiger partial charge in [-0.05, 0) is 6.07 Å². The molecule has 2 aromatic heterocycles. The zero-order valence-corrected chi connectivity index (χ0v) is 5.57. The summed E-state index contributed by atoms with van der Waals surface area (Å²) >= 11 is 0. The van der Waals surface area contributed by atoms with Crippen molar-refractivity contribution in [2.45, 2.75) is 6.92 Å². The van der Waals surface area contributed by atoms with Crippen LogP contribution in [0.3, 0.4) is 0 Å². The van der Waals surface area contributed by atoms with Crippen LogP contribution in [0, 0.1) is 6.92 Å². The second-order valence-corrected chi connectivity index (χ2v) is 2.10. The van der Waals surface area contributed by atoms with Crippen molar-refractivity contribution >= 4 is 5.65 Å². The lowest BCUT2D eigenvalue weighted by Crippen LogP contribution is -2.26. The molecule has 0 amide bonds. The molecule has 0 bridgehead atoms. The van der Waals surface area contributed by atoms with Crippen LogP contribution in [-0.4, -0.2) is 15.3 Å². The van der Waals surface area contributed by atoms with Gasteiger partial charge >= 0.3 is 5.65 Å². The van der Waals surface area contributed by atoms with E-state index in [0.29, 0.717) is 0 Å². The van der Waals surface area contributed by atoms with E-state index in [1.165, 1.54) is 0 Å². The van der Waals surface area contributed by atoms with Crippen molar-refractivity contribution in [2.75, 3.05) is 0 Å². The minimum absolute atomic E-state index is 0.847. The number of hydrogen-bond donors (Lipinski definition) is 1. The molecule has 0 saturated heterocycles. The molecule has 2 heterocycles. The smallest absolute Gasteiger partial charge is 0.123 e. The fraction of sp³-hybridized carbons (Fsp3) is 0.167. The van der Waals surface area contributed by atoms with Crippen molar-refractivity contribution in [1.82, 2.24) is 15.3 Å². The maximum absolute atomic E-state index is 4.06. The van der Waals surface area contributed by atoms with E-state index >= 15 is 0 Å². The van der Waals surface area contributed by atoms with E-state index in [0.717, 1.165) is 11.5 Å². The van der Waals surface area contributed by atoms with Crippen LogP contribution in [-0.2, 0) is 0 Å². The minimum atomic E-state index is 0.847. The van der Waals surface area contributed by atoms with E-state index in [4.69, 9.17) is 0 Å². The number of fused-ring (bicyclic) bond motifs is 1. The van der Waals surface area contributed by atoms with Gasteiger partial charge in [-0.1, -0.05) is 0 Å². The van der Waals surface area contributed by atoms with E-state index in [1.54, 1.807) is 10.7 Å². The molecule has 0 aliphatic carbocycles. The molecule has 4 nitrogen and oxygen atoms in total. The molecule has 0 unspecified atom stereocenters. The summed E-state index contributed by atoms with van der Waals surface area (Å²) in [5.41, 5.74) is 0.847. The van der Waals surface area contributed by atoms with Crippen LogP contribution in [0.4, 0.5) is 0 Å². The fourth-order valence-electron chi connectivity index (χ4n) is 0.893. The summed E-state index contributed by atoms with van der Waals surface area (Å²) in [4.78, 5) is 0. The van der Waals surface area contributed by atoms with Crippen LogP contribution in [0.1, 0.15) is 5.82 Å². The Labute approximate surface area is 57.5 Å². The molecule has 0 radical (unpaired) electrons. The molecule has 1 N–H and O–H groups in total. The van der Waals surface area contributed by atoms with Crippen molar-refractivity contribution in [2.24, 2.45) is 0 Å². The van der Waals surface area contributed by atoms with Gasteiger partial charge in [0.25, 0.3) is 5.82 Å². The number of hydrogen-bond acceptors (Lipinski definition) is 2. The lowest BCUT2D eigenvalue weighted by Gasteiger charge is -1.80. The summed E-state index contributed by atoms with van der Waals surface area (Å²) in [6, 6.07) is 3.76. The maximum Gasteiger partial charge on any atom is 0.325 e. The molecule has 50 valence electrons. The highest BCUT2D eigenvalue weighted by molar-refractivity contribution is 5.24. The summed E-state index contributed by atoms with van der Waals surface area (Å²) in [7, 11) is 0. The van der Waals surface area contributed by atoms with Gasteiger partial charge in [-0.15, -0.1) is 14.7 Å². The van der Waals surface area contributed by atoms with E-state index in [9.17, 15) is 0 Å². The lowest BCUT2D eigenvalue weighted by molar-refractivity contribution is -0.587. The Morgan fingerprint density at radius 1 is 1.60 bits per heavy atom. The van der Waals surface area contributed by atoms with Gasteiger partial charge in [0.05, 0.1) is 6.20 Å². The van der Waals surface area contributed by atoms with Crippen LogP contribution in [0.15, 0.2) is 18.3 Å². The predicted octanol–water partition coefficient (Wildman–Crippen LogP) is -0.148. The van der Waals surface area contributed by atoms with Gasteiger partial charge in [0.1, 0.15) is 0 Å². The average molecular weight is 135 g/mol. The van der Waals surface area contributed by atoms with Crippen LogP contribution in [0.5, 0.6) is 0 Å². The largest absolute Gasteiger partial charge is 0.325 e. The summed E-state index contributed by atoms with van der Waals surface area (Å²) in [6.45, 7) is 1.92. The highest BCUT2D eigenvalue weighted by Crippen LogP contribution is 1.87. The third-order valence-electron chi connectivity index (χ3n) is 1.38. The Kier molecular flexibility index (Phi) is 0.943. The highest BCUT2D eigenvalue weighted by Gasteiger charge is 2.06. The van der Waals surface area contributed by atoms with Gasteiger partial charge in [-0.25, -0.2) is 0 Å². The molecule has 0 saturated carbocycles. The first-order valence-corrected chi connectivity index (χ1v) is 3.06. The van der Waals surface area contributed by atoms with E-state index in [-0.39, 0.29) is 0 Å². The van der Waals surface area contributed by atoms with Crippen LogP contribution in [0.25, 0.3) is 5.65 Å². The number of aromatic amines is 1. The Bertz CT molecular complexity index is 351. The SMILES string of the molecule is Cc1[nH]nc2cccn[n+]12. The van der Waals surface area contributed by atoms with E-state index < -0.39 is 0 Å². The van der Waals surface area contributed by atoms with Gasteiger partial charge in [-0.3, -0.25) is 0 Å². The summed E-state index contributed by atoms with van der Waals surface area (Å²) < 4.78 is 1.75. The van der Waals surface area contributed by atoms with Gasteiger partial charge in [0, 0.05) is 18.1 Å². The zero-order valence-electron chi connectivity index (χ0n) is 5.57. The maximum atomic E-state index is 4.06. The highest BCUT2D eigenvalue weighted by atomic mass is 15.4. The molecule has 2 rings (SSSR count). The van der Waals surface area contributed by atoms with E-state index in [1.807, 2.05) is 19.1 Å². The van der Waals surface area contributed by atoms with Crippen molar-refractivity contribution in [3.05, 3.63) is 24.2 Å². The standard InChI is InChI=1S/C6H6N4/c1-5-8-9-6-3-2-4-7-10(5)6/h2-4H,1H3/p+1. The van der Waals surface area contributed by atoms with Crippen molar-refractivity contribution in [1.29, 1.82) is 0 Å². The first-order valence-electron chi connectivity index (χ1n) is 3.06. The molecule has 0 aliphatic rings. The van der Waals surface area contributed by atoms with Gasteiger partial charge in [0.15, 0.2) is 0 Å². The Hall–Kier alpha value is -1.45. The summed E-state index contributed by atoms with van der Waals surface area (Å²) in [6.07, 6.45) is 1.73. The molecule has 0 spiro atoms. The summed E-state index contributed by atoms with van der Waals surface area (Å²) in [5.74, 6) is 0.940. The van der Waals surface area contributed by atoms with Gasteiger partial charge < -0.3 is 0 Å². The molecule has 0 aliphatic heterocycles. The number of nitrogens with zero attached hydrogens (tertiary/aromatic N) is 3. The Morgan fingerprint density at radius 2 is 2.50 bits per heavy atom. The molecular formula is C6H7N4+. The first-order chi connectivity index (χ1) is 4.88. The van der Waals surface area contributed by atoms with Gasteiger partial charge in [-0.2, -0.15) is 0 Å². The quantitative estimate of drug-likeness (QED) is 0.511. The average Bonchev–Trinajstić information content (AvgIpc) is 2.34. The number of H-pyrrole nitrogens is 1. The number of aryl methyl sites for hydroxylation is 1. The third kappa shape index (κ3) is 0.586. The lowest BCUT2D eigenvalue weighted by atomic mass is 10.5. The molecule has 4 heteroatoms. The Morgan fingerprint density at radius 3 is 3.30 bits per heavy atom. The summed E-state index contributed by atoms with van der Waals surface area (Å²) in [5, 5.41) is 10.9. The number of aromatic nitrogens is 4. The molecule has 0 atom stereocenters. The molecule has 2 aromatic rings. The third-order valence-corrected chi connectivity index (χ3v) is 1.38. The van der Waals surface area contributed by atoms with Crippen LogP contribution < -0.4 is 4.52 Å². The minimum Gasteiger partial charge on any atom is -0.123 e. The monoisotopic (exact) mass is 135 g/mol. The van der Waals surface area contributed by atoms with E-state index in [2.05, 4.69) is 15.3 Å². The van der Waals surface area contributed by atoms with Crippen molar-refractivity contribution in [3.63, 3.8) is 0 Å². The predicted molar refractivity (Wildman–Crippen MR) is 34.3 cm³/mol. The van der Waals surface area contributed by atoms with Crippen LogP contribution >= 0.6 is 0 Å². The molecule has 10 heavy (non-hydrogen) atoms. The fourth-order valence-corrected chi connectivity index (χ4v) is 0.893. The van der Waals surface area contributed by atoms with Crippen molar-refractivity contribution in [3.8, 4) is 0 Å². The Balaban J connectivity index is 2.93. The molecule has 0 fully saturated rings.